The zero-order chi connectivity index (χ0) is 16.3. The van der Waals surface area contributed by atoms with Crippen LogP contribution in [0.4, 0.5) is 5.69 Å². The summed E-state index contributed by atoms with van der Waals surface area (Å²) in [5, 5.41) is 35.7. The molecule has 0 radical (unpaired) electrons. The Morgan fingerprint density at radius 2 is 2.14 bits per heavy atom. The van der Waals surface area contributed by atoms with Crippen LogP contribution in [0.2, 0.25) is 0 Å². The number of aromatic amines is 2. The van der Waals surface area contributed by atoms with E-state index < -0.39 is 34.2 Å². The number of rotatable bonds is 4. The summed E-state index contributed by atoms with van der Waals surface area (Å²) in [7, 11) is 0. The standard InChI is InChI=1S/C12H7N5O5/c13-4-6(9(19)11-14-12(21)16-15-11)1-5-2-7(17-22)10(20)8(18)3-5/h1-3,18,20H,(H2,14,15,16,21)/b6-1+. The third kappa shape index (κ3) is 2.73. The second-order valence-corrected chi connectivity index (χ2v) is 4.02. The minimum Gasteiger partial charge on any atom is -0.504 e. The quantitative estimate of drug-likeness (QED) is 0.211. The Bertz CT molecular complexity index is 886. The molecule has 0 unspecified atom stereocenters. The number of nitroso groups, excluding NO2 is 1. The number of nitriles is 1. The fourth-order valence-corrected chi connectivity index (χ4v) is 1.60. The van der Waals surface area contributed by atoms with E-state index in [0.29, 0.717) is 0 Å². The number of H-pyrrole nitrogens is 2. The predicted octanol–water partition coefficient (Wildman–Crippen LogP) is 0.697. The van der Waals surface area contributed by atoms with E-state index >= 15 is 0 Å². The number of nitrogens with zero attached hydrogens (tertiary/aromatic N) is 3. The van der Waals surface area contributed by atoms with Crippen LogP contribution in [0.25, 0.3) is 6.08 Å². The van der Waals surface area contributed by atoms with Gasteiger partial charge in [-0.2, -0.15) is 5.26 Å². The van der Waals surface area contributed by atoms with Gasteiger partial charge in [0.05, 0.1) is 0 Å². The van der Waals surface area contributed by atoms with Gasteiger partial charge in [-0.1, -0.05) is 0 Å². The fourth-order valence-electron chi connectivity index (χ4n) is 1.60. The molecule has 1 aromatic heterocycles. The van der Waals surface area contributed by atoms with Crippen LogP contribution in [0, 0.1) is 16.2 Å². The van der Waals surface area contributed by atoms with Crippen molar-refractivity contribution < 1.29 is 15.0 Å². The highest BCUT2D eigenvalue weighted by Crippen LogP contribution is 2.37. The third-order valence-electron chi connectivity index (χ3n) is 2.58. The number of carbonyl (C=O) groups excluding carboxylic acids is 1. The highest BCUT2D eigenvalue weighted by molar-refractivity contribution is 6.11. The van der Waals surface area contributed by atoms with Crippen molar-refractivity contribution >= 4 is 17.5 Å². The highest BCUT2D eigenvalue weighted by Gasteiger charge is 2.17. The molecule has 2 aromatic rings. The van der Waals surface area contributed by atoms with Crippen LogP contribution in [-0.4, -0.2) is 31.2 Å². The Morgan fingerprint density at radius 3 is 2.68 bits per heavy atom. The monoisotopic (exact) mass is 301 g/mol. The van der Waals surface area contributed by atoms with Crippen molar-refractivity contribution in [3.63, 3.8) is 0 Å². The molecule has 0 amide bonds. The molecule has 2 rings (SSSR count). The smallest absolute Gasteiger partial charge is 0.341 e. The normalized spacial score (nSPS) is 11.0. The number of phenols is 2. The van der Waals surface area contributed by atoms with Gasteiger partial charge in [0, 0.05) is 0 Å². The molecule has 0 spiro atoms. The summed E-state index contributed by atoms with van der Waals surface area (Å²) in [5.74, 6) is -2.58. The lowest BCUT2D eigenvalue weighted by molar-refractivity contribution is 0.103. The summed E-state index contributed by atoms with van der Waals surface area (Å²) in [6.45, 7) is 0. The lowest BCUT2D eigenvalue weighted by Gasteiger charge is -2.02. The first-order valence-electron chi connectivity index (χ1n) is 5.66. The van der Waals surface area contributed by atoms with E-state index in [1.54, 1.807) is 6.07 Å². The number of carbonyl (C=O) groups is 1. The van der Waals surface area contributed by atoms with Gasteiger partial charge in [-0.05, 0) is 28.9 Å². The summed E-state index contributed by atoms with van der Waals surface area (Å²) in [4.78, 5) is 35.5. The molecule has 0 saturated heterocycles. The maximum Gasteiger partial charge on any atom is 0.341 e. The first-order valence-corrected chi connectivity index (χ1v) is 5.66. The van der Waals surface area contributed by atoms with Crippen LogP contribution in [0.15, 0.2) is 27.7 Å². The number of aromatic nitrogens is 3. The lowest BCUT2D eigenvalue weighted by atomic mass is 10.1. The molecule has 1 aromatic carbocycles. The molecule has 4 N–H and O–H groups in total. The Morgan fingerprint density at radius 1 is 1.41 bits per heavy atom. The molecule has 10 nitrogen and oxygen atoms in total. The van der Waals surface area contributed by atoms with Crippen LogP contribution in [0.5, 0.6) is 11.5 Å². The van der Waals surface area contributed by atoms with Crippen molar-refractivity contribution in [3.05, 3.63) is 44.5 Å². The van der Waals surface area contributed by atoms with Gasteiger partial charge in [0.15, 0.2) is 17.2 Å². The van der Waals surface area contributed by atoms with Gasteiger partial charge in [0.25, 0.3) is 0 Å². The van der Waals surface area contributed by atoms with E-state index in [-0.39, 0.29) is 11.4 Å². The van der Waals surface area contributed by atoms with Gasteiger partial charge in [0.1, 0.15) is 11.6 Å². The van der Waals surface area contributed by atoms with Gasteiger partial charge in [-0.3, -0.25) is 9.78 Å². The fraction of sp³-hybridized carbons (Fsp3) is 0. The van der Waals surface area contributed by atoms with Crippen LogP contribution < -0.4 is 5.69 Å². The number of hydrogen-bond acceptors (Lipinski definition) is 8. The zero-order valence-corrected chi connectivity index (χ0v) is 10.7. The number of nitrogens with one attached hydrogen (secondary N) is 2. The van der Waals surface area contributed by atoms with Crippen molar-refractivity contribution in [2.75, 3.05) is 0 Å². The number of aromatic hydroxyl groups is 2. The molecule has 0 aliphatic rings. The summed E-state index contributed by atoms with van der Waals surface area (Å²) < 4.78 is 0. The third-order valence-corrected chi connectivity index (χ3v) is 2.58. The molecule has 110 valence electrons. The average molecular weight is 301 g/mol. The largest absolute Gasteiger partial charge is 0.504 e. The highest BCUT2D eigenvalue weighted by atomic mass is 16.3. The van der Waals surface area contributed by atoms with Gasteiger partial charge in [-0.15, -0.1) is 10.0 Å². The molecular weight excluding hydrogens is 294 g/mol. The van der Waals surface area contributed by atoms with Gasteiger partial charge >= 0.3 is 5.69 Å². The van der Waals surface area contributed by atoms with E-state index in [1.165, 1.54) is 0 Å². The summed E-state index contributed by atoms with van der Waals surface area (Å²) in [6, 6.07) is 3.71. The van der Waals surface area contributed by atoms with Crippen molar-refractivity contribution in [2.45, 2.75) is 0 Å². The molecular formula is C12H7N5O5. The molecule has 22 heavy (non-hydrogen) atoms. The molecule has 0 aliphatic heterocycles. The molecule has 0 fully saturated rings. The molecule has 1 heterocycles. The number of phenolic OH excluding ortho intramolecular Hbond substituents is 2. The molecule has 0 bridgehead atoms. The first kappa shape index (κ1) is 14.7. The number of benzene rings is 1. The van der Waals surface area contributed by atoms with Crippen LogP contribution in [-0.2, 0) is 0 Å². The van der Waals surface area contributed by atoms with Crippen LogP contribution in [0.1, 0.15) is 16.2 Å². The van der Waals surface area contributed by atoms with E-state index in [4.69, 9.17) is 5.26 Å². The van der Waals surface area contributed by atoms with Crippen molar-refractivity contribution in [1.29, 1.82) is 5.26 Å². The van der Waals surface area contributed by atoms with Crippen LogP contribution in [0.3, 0.4) is 0 Å². The van der Waals surface area contributed by atoms with E-state index in [1.807, 2.05) is 5.10 Å². The van der Waals surface area contributed by atoms with Gasteiger partial charge in [-0.25, -0.2) is 9.89 Å². The van der Waals surface area contributed by atoms with E-state index in [9.17, 15) is 24.7 Å². The molecule has 0 aliphatic carbocycles. The Labute approximate surface area is 121 Å². The lowest BCUT2D eigenvalue weighted by Crippen LogP contribution is -2.07. The van der Waals surface area contributed by atoms with E-state index in [0.717, 1.165) is 18.2 Å². The number of ketones is 1. The zero-order valence-electron chi connectivity index (χ0n) is 10.7. The van der Waals surface area contributed by atoms with Gasteiger partial charge < -0.3 is 10.2 Å². The predicted molar refractivity (Wildman–Crippen MR) is 72.4 cm³/mol. The number of Topliss-reactive ketones (excluding diaryl/α,β-unsaturated/α-hetero) is 1. The summed E-state index contributed by atoms with van der Waals surface area (Å²) >= 11 is 0. The van der Waals surface area contributed by atoms with Crippen molar-refractivity contribution in [1.82, 2.24) is 15.2 Å². The molecule has 0 saturated carbocycles. The molecule has 10 heteroatoms. The van der Waals surface area contributed by atoms with Gasteiger partial charge in [0.2, 0.25) is 11.6 Å². The maximum absolute atomic E-state index is 12.0. The Hall–Kier alpha value is -3.74. The Kier molecular flexibility index (Phi) is 3.81. The topological polar surface area (TPSA) is 172 Å². The number of allylic oxidation sites excluding steroid dienone is 1. The SMILES string of the molecule is N#C/C(=C\c1cc(O)c(O)c(N=O)c1)C(=O)c1n[nH]c(=O)[nH]1. The summed E-state index contributed by atoms with van der Waals surface area (Å²) in [6.07, 6.45) is 1.04. The second-order valence-electron chi connectivity index (χ2n) is 4.02. The minimum atomic E-state index is -0.867. The maximum atomic E-state index is 12.0. The van der Waals surface area contributed by atoms with Crippen molar-refractivity contribution in [2.24, 2.45) is 5.18 Å². The average Bonchev–Trinajstić information content (AvgIpc) is 2.94. The summed E-state index contributed by atoms with van der Waals surface area (Å²) in [5.41, 5.74) is -1.50. The number of hydrogen-bond donors (Lipinski definition) is 4. The minimum absolute atomic E-state index is 0.0766. The van der Waals surface area contributed by atoms with E-state index in [2.05, 4.69) is 15.3 Å². The van der Waals surface area contributed by atoms with Crippen molar-refractivity contribution in [3.8, 4) is 17.6 Å². The van der Waals surface area contributed by atoms with Crippen LogP contribution >= 0.6 is 0 Å². The second kappa shape index (κ2) is 5.71. The molecule has 0 atom stereocenters. The Balaban J connectivity index is 2.48. The first-order chi connectivity index (χ1) is 10.5.